The Balaban J connectivity index is 2.70. The van der Waals surface area contributed by atoms with Gasteiger partial charge in [-0.25, -0.2) is 0 Å². The second-order valence-electron chi connectivity index (χ2n) is 2.93. The first-order chi connectivity index (χ1) is 5.77. The lowest BCUT2D eigenvalue weighted by Gasteiger charge is -1.88. The molecule has 0 aliphatic heterocycles. The van der Waals surface area contributed by atoms with Crippen LogP contribution in [0.5, 0.6) is 0 Å². The second kappa shape index (κ2) is 2.52. The van der Waals surface area contributed by atoms with Crippen molar-refractivity contribution in [3.63, 3.8) is 0 Å². The zero-order valence-corrected chi connectivity index (χ0v) is 7.00. The number of fused-ring (bicyclic) bond motifs is 1. The fourth-order valence-corrected chi connectivity index (χ4v) is 1.19. The summed E-state index contributed by atoms with van der Waals surface area (Å²) in [6.45, 7) is 5.77. The maximum Gasteiger partial charge on any atom is 0.134 e. The third-order valence-electron chi connectivity index (χ3n) is 1.85. The van der Waals surface area contributed by atoms with Crippen LogP contribution >= 0.6 is 0 Å². The van der Waals surface area contributed by atoms with Crippen molar-refractivity contribution in [3.8, 4) is 0 Å². The molecule has 0 unspecified atom stereocenters. The van der Waals surface area contributed by atoms with E-state index in [0.717, 1.165) is 22.3 Å². The Bertz CT molecular complexity index is 390. The zero-order valence-electron chi connectivity index (χ0n) is 7.00. The van der Waals surface area contributed by atoms with E-state index in [-0.39, 0.29) is 0 Å². The average Bonchev–Trinajstić information content (AvgIpc) is 2.46. The van der Waals surface area contributed by atoms with E-state index in [1.54, 1.807) is 0 Å². The summed E-state index contributed by atoms with van der Waals surface area (Å²) in [6.07, 6.45) is 0. The molecule has 0 bridgehead atoms. The van der Waals surface area contributed by atoms with Crippen molar-refractivity contribution >= 4 is 16.5 Å². The van der Waals surface area contributed by atoms with Gasteiger partial charge in [0.25, 0.3) is 0 Å². The third-order valence-corrected chi connectivity index (χ3v) is 1.85. The van der Waals surface area contributed by atoms with Crippen molar-refractivity contribution in [3.05, 3.63) is 42.7 Å². The molecule has 0 atom stereocenters. The quantitative estimate of drug-likeness (QED) is 0.619. The summed E-state index contributed by atoms with van der Waals surface area (Å²) in [5, 5.41) is 1.13. The molecule has 0 N–H and O–H groups in total. The molecule has 12 heavy (non-hydrogen) atoms. The van der Waals surface area contributed by atoms with Crippen LogP contribution < -0.4 is 0 Å². The lowest BCUT2D eigenvalue weighted by atomic mass is 10.2. The van der Waals surface area contributed by atoms with Gasteiger partial charge in [0, 0.05) is 5.39 Å². The van der Waals surface area contributed by atoms with Crippen molar-refractivity contribution in [2.24, 2.45) is 0 Å². The number of hydrogen-bond acceptors (Lipinski definition) is 1. The van der Waals surface area contributed by atoms with Crippen LogP contribution in [0.1, 0.15) is 12.7 Å². The van der Waals surface area contributed by atoms with Gasteiger partial charge in [-0.05, 0) is 24.6 Å². The van der Waals surface area contributed by atoms with Gasteiger partial charge in [0.2, 0.25) is 0 Å². The largest absolute Gasteiger partial charge is 0.456 e. The monoisotopic (exact) mass is 158 g/mol. The predicted octanol–water partition coefficient (Wildman–Crippen LogP) is 3.47. The van der Waals surface area contributed by atoms with Crippen LogP contribution in [0.4, 0.5) is 0 Å². The zero-order chi connectivity index (χ0) is 8.55. The van der Waals surface area contributed by atoms with Crippen LogP contribution in [0, 0.1) is 0 Å². The molecule has 0 amide bonds. The summed E-state index contributed by atoms with van der Waals surface area (Å²) in [6, 6.07) is 9.97. The topological polar surface area (TPSA) is 13.1 Å². The van der Waals surface area contributed by atoms with Gasteiger partial charge in [-0.1, -0.05) is 24.8 Å². The highest BCUT2D eigenvalue weighted by Gasteiger charge is 2.01. The van der Waals surface area contributed by atoms with Crippen molar-refractivity contribution in [2.45, 2.75) is 6.92 Å². The van der Waals surface area contributed by atoms with Gasteiger partial charge in [-0.2, -0.15) is 0 Å². The van der Waals surface area contributed by atoms with E-state index in [2.05, 4.69) is 6.58 Å². The minimum atomic E-state index is 0.871. The highest BCUT2D eigenvalue weighted by molar-refractivity contribution is 5.81. The maximum absolute atomic E-state index is 5.53. The molecule has 0 spiro atoms. The van der Waals surface area contributed by atoms with Crippen LogP contribution in [0.15, 0.2) is 41.3 Å². The van der Waals surface area contributed by atoms with Crippen LogP contribution in [0.2, 0.25) is 0 Å². The number of furan rings is 1. The van der Waals surface area contributed by atoms with Crippen molar-refractivity contribution in [1.82, 2.24) is 0 Å². The fraction of sp³-hybridized carbons (Fsp3) is 0.0909. The SMILES string of the molecule is C=C(C)c1cc2ccccc2o1. The number of hydrogen-bond donors (Lipinski definition) is 0. The van der Waals surface area contributed by atoms with E-state index in [0.29, 0.717) is 0 Å². The molecule has 1 heteroatoms. The molecule has 0 aliphatic carbocycles. The first-order valence-corrected chi connectivity index (χ1v) is 3.92. The highest BCUT2D eigenvalue weighted by atomic mass is 16.3. The normalized spacial score (nSPS) is 10.4. The molecule has 1 aromatic heterocycles. The molecule has 1 heterocycles. The molecule has 0 saturated heterocycles. The highest BCUT2D eigenvalue weighted by Crippen LogP contribution is 2.22. The molecule has 1 nitrogen and oxygen atoms in total. The Morgan fingerprint density at radius 3 is 2.75 bits per heavy atom. The summed E-state index contributed by atoms with van der Waals surface area (Å²) in [5.41, 5.74) is 1.89. The summed E-state index contributed by atoms with van der Waals surface area (Å²) in [5.74, 6) is 0.871. The van der Waals surface area contributed by atoms with Crippen molar-refractivity contribution < 1.29 is 4.42 Å². The van der Waals surface area contributed by atoms with Gasteiger partial charge in [-0.3, -0.25) is 0 Å². The molecule has 0 saturated carbocycles. The third kappa shape index (κ3) is 1.03. The summed E-state index contributed by atoms with van der Waals surface area (Å²) in [7, 11) is 0. The molecular weight excluding hydrogens is 148 g/mol. The average molecular weight is 158 g/mol. The summed E-state index contributed by atoms with van der Waals surface area (Å²) in [4.78, 5) is 0. The minimum absolute atomic E-state index is 0.871. The Labute approximate surface area is 71.3 Å². The van der Waals surface area contributed by atoms with Crippen LogP contribution in [0.25, 0.3) is 16.5 Å². The molecule has 0 radical (unpaired) electrons. The first kappa shape index (κ1) is 7.17. The Morgan fingerprint density at radius 2 is 2.08 bits per heavy atom. The molecule has 0 fully saturated rings. The Morgan fingerprint density at radius 1 is 1.33 bits per heavy atom. The van der Waals surface area contributed by atoms with Crippen LogP contribution in [-0.4, -0.2) is 0 Å². The maximum atomic E-state index is 5.53. The lowest BCUT2D eigenvalue weighted by molar-refractivity contribution is 0.599. The van der Waals surface area contributed by atoms with Gasteiger partial charge >= 0.3 is 0 Å². The molecule has 2 rings (SSSR count). The van der Waals surface area contributed by atoms with Crippen LogP contribution in [0.3, 0.4) is 0 Å². The fourth-order valence-electron chi connectivity index (χ4n) is 1.19. The van der Waals surface area contributed by atoms with Crippen LogP contribution in [-0.2, 0) is 0 Å². The molecule has 60 valence electrons. The van der Waals surface area contributed by atoms with E-state index < -0.39 is 0 Å². The standard InChI is InChI=1S/C11H10O/c1-8(2)11-7-9-5-3-4-6-10(9)12-11/h3-7H,1H2,2H3. The number of rotatable bonds is 1. The van der Waals surface area contributed by atoms with Gasteiger partial charge in [0.05, 0.1) is 0 Å². The van der Waals surface area contributed by atoms with E-state index in [4.69, 9.17) is 4.42 Å². The molecule has 2 aromatic rings. The molecular formula is C11H10O. The van der Waals surface area contributed by atoms with Crippen molar-refractivity contribution in [1.29, 1.82) is 0 Å². The number of allylic oxidation sites excluding steroid dienone is 1. The predicted molar refractivity (Wildman–Crippen MR) is 50.9 cm³/mol. The van der Waals surface area contributed by atoms with Gasteiger partial charge in [-0.15, -0.1) is 0 Å². The van der Waals surface area contributed by atoms with Gasteiger partial charge in [0.15, 0.2) is 0 Å². The van der Waals surface area contributed by atoms with Crippen molar-refractivity contribution in [2.75, 3.05) is 0 Å². The van der Waals surface area contributed by atoms with Gasteiger partial charge in [0.1, 0.15) is 11.3 Å². The summed E-state index contributed by atoms with van der Waals surface area (Å²) >= 11 is 0. The number of benzene rings is 1. The lowest BCUT2D eigenvalue weighted by Crippen LogP contribution is -1.65. The Kier molecular flexibility index (Phi) is 1.51. The van der Waals surface area contributed by atoms with E-state index >= 15 is 0 Å². The van der Waals surface area contributed by atoms with E-state index in [1.807, 2.05) is 37.3 Å². The Hall–Kier alpha value is -1.50. The summed E-state index contributed by atoms with van der Waals surface area (Å²) < 4.78 is 5.53. The smallest absolute Gasteiger partial charge is 0.134 e. The minimum Gasteiger partial charge on any atom is -0.456 e. The molecule has 1 aromatic carbocycles. The first-order valence-electron chi connectivity index (χ1n) is 3.92. The van der Waals surface area contributed by atoms with E-state index in [9.17, 15) is 0 Å². The van der Waals surface area contributed by atoms with E-state index in [1.165, 1.54) is 0 Å². The van der Waals surface area contributed by atoms with Gasteiger partial charge < -0.3 is 4.42 Å². The number of para-hydroxylation sites is 1. The molecule has 0 aliphatic rings. The second-order valence-corrected chi connectivity index (χ2v) is 2.93.